The number of likely N-dealkylation sites (N-methyl/N-ethyl adjacent to an activating group) is 1. The smallest absolute Gasteiger partial charge is 0.339 e. The first-order valence-corrected chi connectivity index (χ1v) is 8.26. The first-order chi connectivity index (χ1) is 11.8. The Hall–Kier alpha value is -2.64. The molecule has 0 N–H and O–H groups in total. The van der Waals surface area contributed by atoms with Gasteiger partial charge in [0.05, 0.1) is 10.5 Å². The Labute approximate surface area is 146 Å². The molecule has 1 aromatic rings. The summed E-state index contributed by atoms with van der Waals surface area (Å²) in [5, 5.41) is 11.4. The summed E-state index contributed by atoms with van der Waals surface area (Å²) in [4.78, 5) is 38.2. The van der Waals surface area contributed by atoms with Crippen LogP contribution in [-0.2, 0) is 9.53 Å². The maximum atomic E-state index is 12.2. The highest BCUT2D eigenvalue weighted by molar-refractivity contribution is 5.93. The summed E-state index contributed by atoms with van der Waals surface area (Å²) in [6, 6.07) is 4.31. The minimum atomic E-state index is -0.955. The number of nitro groups is 1. The maximum absolute atomic E-state index is 12.2. The average Bonchev–Trinajstić information content (AvgIpc) is 2.60. The van der Waals surface area contributed by atoms with Crippen LogP contribution < -0.4 is 4.90 Å². The SMILES string of the molecule is C[C@H](OC(=O)c1ccc(N2CCCCC2)c([N+](=O)[O-])c1)C(=O)N(C)C. The maximum Gasteiger partial charge on any atom is 0.339 e. The van der Waals surface area contributed by atoms with Crippen LogP contribution in [-0.4, -0.2) is 55.0 Å². The van der Waals surface area contributed by atoms with Gasteiger partial charge in [-0.25, -0.2) is 4.79 Å². The average molecular weight is 349 g/mol. The fraction of sp³-hybridized carbons (Fsp3) is 0.529. The molecule has 8 heteroatoms. The first-order valence-electron chi connectivity index (χ1n) is 8.26. The molecule has 0 saturated carbocycles. The van der Waals surface area contributed by atoms with Crippen molar-refractivity contribution in [2.75, 3.05) is 32.1 Å². The van der Waals surface area contributed by atoms with Crippen molar-refractivity contribution in [1.82, 2.24) is 4.90 Å². The van der Waals surface area contributed by atoms with Gasteiger partial charge in [-0.1, -0.05) is 0 Å². The number of esters is 1. The third-order valence-corrected chi connectivity index (χ3v) is 4.18. The highest BCUT2D eigenvalue weighted by atomic mass is 16.6. The quantitative estimate of drug-likeness (QED) is 0.460. The van der Waals surface area contributed by atoms with E-state index in [0.717, 1.165) is 32.4 Å². The van der Waals surface area contributed by atoms with Crippen molar-refractivity contribution in [3.63, 3.8) is 0 Å². The van der Waals surface area contributed by atoms with Crippen LogP contribution in [0.5, 0.6) is 0 Å². The van der Waals surface area contributed by atoms with Gasteiger partial charge in [-0.3, -0.25) is 14.9 Å². The van der Waals surface area contributed by atoms with Gasteiger partial charge in [-0.05, 0) is 38.3 Å². The highest BCUT2D eigenvalue weighted by Crippen LogP contribution is 2.31. The summed E-state index contributed by atoms with van der Waals surface area (Å²) >= 11 is 0. The van der Waals surface area contributed by atoms with Crippen molar-refractivity contribution in [2.24, 2.45) is 0 Å². The topological polar surface area (TPSA) is 93.0 Å². The molecule has 1 amide bonds. The molecule has 0 bridgehead atoms. The first kappa shape index (κ1) is 18.7. The number of piperidine rings is 1. The van der Waals surface area contributed by atoms with Gasteiger partial charge in [0.2, 0.25) is 0 Å². The lowest BCUT2D eigenvalue weighted by Crippen LogP contribution is -2.35. The fourth-order valence-electron chi connectivity index (χ4n) is 2.84. The zero-order valence-corrected chi connectivity index (χ0v) is 14.7. The van der Waals surface area contributed by atoms with E-state index >= 15 is 0 Å². The molecule has 1 aromatic carbocycles. The van der Waals surface area contributed by atoms with Gasteiger partial charge in [-0.2, -0.15) is 0 Å². The van der Waals surface area contributed by atoms with E-state index in [0.29, 0.717) is 5.69 Å². The molecule has 136 valence electrons. The van der Waals surface area contributed by atoms with Crippen molar-refractivity contribution in [3.8, 4) is 0 Å². The van der Waals surface area contributed by atoms with E-state index in [9.17, 15) is 19.7 Å². The number of ether oxygens (including phenoxy) is 1. The van der Waals surface area contributed by atoms with E-state index in [4.69, 9.17) is 4.74 Å². The standard InChI is InChI=1S/C17H23N3O5/c1-12(16(21)18(2)3)25-17(22)13-7-8-14(15(11-13)20(23)24)19-9-5-4-6-10-19/h7-8,11-12H,4-6,9-10H2,1-3H3/t12-/m0/s1. The molecule has 1 atom stereocenters. The molecular weight excluding hydrogens is 326 g/mol. The van der Waals surface area contributed by atoms with Gasteiger partial charge >= 0.3 is 5.97 Å². The molecule has 2 rings (SSSR count). The number of nitrogens with zero attached hydrogens (tertiary/aromatic N) is 3. The number of hydrogen-bond acceptors (Lipinski definition) is 6. The Balaban J connectivity index is 2.21. The molecule has 1 saturated heterocycles. The number of amides is 1. The van der Waals surface area contributed by atoms with Gasteiger partial charge in [0.1, 0.15) is 5.69 Å². The van der Waals surface area contributed by atoms with Gasteiger partial charge in [0.15, 0.2) is 6.10 Å². The summed E-state index contributed by atoms with van der Waals surface area (Å²) in [7, 11) is 3.12. The normalized spacial score (nSPS) is 15.4. The Morgan fingerprint density at radius 1 is 1.24 bits per heavy atom. The number of benzene rings is 1. The highest BCUT2D eigenvalue weighted by Gasteiger charge is 2.25. The van der Waals surface area contributed by atoms with Crippen molar-refractivity contribution in [2.45, 2.75) is 32.3 Å². The zero-order valence-electron chi connectivity index (χ0n) is 14.7. The van der Waals surface area contributed by atoms with Gasteiger partial charge < -0.3 is 14.5 Å². The monoisotopic (exact) mass is 349 g/mol. The van der Waals surface area contributed by atoms with E-state index in [2.05, 4.69) is 0 Å². The number of anilines is 1. The fourth-order valence-corrected chi connectivity index (χ4v) is 2.84. The number of carbonyl (C=O) groups excluding carboxylic acids is 2. The van der Waals surface area contributed by atoms with Crippen molar-refractivity contribution < 1.29 is 19.2 Å². The predicted octanol–water partition coefficient (Wildman–Crippen LogP) is 2.22. The molecule has 1 aliphatic heterocycles. The van der Waals surface area contributed by atoms with E-state index in [1.165, 1.54) is 24.0 Å². The number of rotatable bonds is 5. The second-order valence-corrected chi connectivity index (χ2v) is 6.29. The van der Waals surface area contributed by atoms with Crippen molar-refractivity contribution in [3.05, 3.63) is 33.9 Å². The molecule has 25 heavy (non-hydrogen) atoms. The molecule has 0 spiro atoms. The van der Waals surface area contributed by atoms with Crippen LogP contribution in [0.1, 0.15) is 36.5 Å². The molecule has 1 fully saturated rings. The van der Waals surface area contributed by atoms with Gasteiger partial charge in [0, 0.05) is 33.3 Å². The molecular formula is C17H23N3O5. The van der Waals surface area contributed by atoms with E-state index in [1.807, 2.05) is 4.90 Å². The summed E-state index contributed by atoms with van der Waals surface area (Å²) in [5.74, 6) is -1.11. The lowest BCUT2D eigenvalue weighted by atomic mass is 10.1. The number of hydrogen-bond donors (Lipinski definition) is 0. The lowest BCUT2D eigenvalue weighted by molar-refractivity contribution is -0.384. The van der Waals surface area contributed by atoms with Crippen molar-refractivity contribution in [1.29, 1.82) is 0 Å². The van der Waals surface area contributed by atoms with Crippen LogP contribution in [0, 0.1) is 10.1 Å². The van der Waals surface area contributed by atoms with Crippen molar-refractivity contribution >= 4 is 23.3 Å². The molecule has 8 nitrogen and oxygen atoms in total. The summed E-state index contributed by atoms with van der Waals surface area (Å²) in [6.07, 6.45) is 2.14. The molecule has 1 heterocycles. The summed E-state index contributed by atoms with van der Waals surface area (Å²) in [6.45, 7) is 2.99. The third kappa shape index (κ3) is 4.46. The third-order valence-electron chi connectivity index (χ3n) is 4.18. The van der Waals surface area contributed by atoms with Gasteiger partial charge in [0.25, 0.3) is 11.6 Å². The largest absolute Gasteiger partial charge is 0.449 e. The summed E-state index contributed by atoms with van der Waals surface area (Å²) < 4.78 is 5.11. The van der Waals surface area contributed by atoms with Crippen LogP contribution in [0.4, 0.5) is 11.4 Å². The molecule has 0 aliphatic carbocycles. The molecule has 0 unspecified atom stereocenters. The van der Waals surface area contributed by atoms with E-state index in [1.54, 1.807) is 20.2 Å². The Bertz CT molecular complexity index is 668. The Kier molecular flexibility index (Phi) is 5.95. The minimum Gasteiger partial charge on any atom is -0.449 e. The second-order valence-electron chi connectivity index (χ2n) is 6.29. The molecule has 1 aliphatic rings. The van der Waals surface area contributed by atoms with Crippen LogP contribution in [0.2, 0.25) is 0 Å². The Morgan fingerprint density at radius 2 is 1.88 bits per heavy atom. The van der Waals surface area contributed by atoms with E-state index in [-0.39, 0.29) is 17.2 Å². The van der Waals surface area contributed by atoms with E-state index < -0.39 is 17.0 Å². The molecule has 0 aromatic heterocycles. The minimum absolute atomic E-state index is 0.0610. The van der Waals surface area contributed by atoms with Crippen LogP contribution in [0.25, 0.3) is 0 Å². The van der Waals surface area contributed by atoms with Crippen LogP contribution in [0.15, 0.2) is 18.2 Å². The molecule has 0 radical (unpaired) electrons. The zero-order chi connectivity index (χ0) is 18.6. The van der Waals surface area contributed by atoms with Crippen LogP contribution >= 0.6 is 0 Å². The number of nitro benzene ring substituents is 1. The predicted molar refractivity (Wildman–Crippen MR) is 92.7 cm³/mol. The Morgan fingerprint density at radius 3 is 2.44 bits per heavy atom. The van der Waals surface area contributed by atoms with Crippen LogP contribution in [0.3, 0.4) is 0 Å². The lowest BCUT2D eigenvalue weighted by Gasteiger charge is -2.28. The summed E-state index contributed by atoms with van der Waals surface area (Å²) in [5.41, 5.74) is 0.451. The van der Waals surface area contributed by atoms with Gasteiger partial charge in [-0.15, -0.1) is 0 Å². The number of carbonyl (C=O) groups is 2. The second kappa shape index (κ2) is 7.96.